The predicted molar refractivity (Wildman–Crippen MR) is 116 cm³/mol. The first kappa shape index (κ1) is 20.7. The third-order valence-corrected chi connectivity index (χ3v) is 5.04. The number of hydrogen-bond acceptors (Lipinski definition) is 5. The minimum Gasteiger partial charge on any atom is -0.495 e. The summed E-state index contributed by atoms with van der Waals surface area (Å²) in [5.74, 6) is 1.00. The lowest BCUT2D eigenvalue weighted by Crippen LogP contribution is -2.48. The van der Waals surface area contributed by atoms with E-state index < -0.39 is 12.0 Å². The Labute approximate surface area is 176 Å². The van der Waals surface area contributed by atoms with Gasteiger partial charge in [-0.05, 0) is 55.9 Å². The molecule has 1 unspecified atom stereocenters. The molecule has 1 aliphatic heterocycles. The van der Waals surface area contributed by atoms with Crippen LogP contribution in [-0.2, 0) is 9.53 Å². The van der Waals surface area contributed by atoms with Crippen molar-refractivity contribution in [2.75, 3.05) is 25.7 Å². The minimum atomic E-state index is -0.434. The van der Waals surface area contributed by atoms with Crippen molar-refractivity contribution >= 4 is 29.0 Å². The molecular weight excluding hydrogens is 388 g/mol. The highest BCUT2D eigenvalue weighted by atomic mass is 32.1. The summed E-state index contributed by atoms with van der Waals surface area (Å²) in [6, 6.07) is 14.7. The van der Waals surface area contributed by atoms with Crippen LogP contribution in [0.5, 0.6) is 11.5 Å². The Morgan fingerprint density at radius 1 is 1.14 bits per heavy atom. The number of para-hydroxylation sites is 2. The molecule has 29 heavy (non-hydrogen) atoms. The van der Waals surface area contributed by atoms with E-state index in [-0.39, 0.29) is 0 Å². The van der Waals surface area contributed by atoms with Crippen molar-refractivity contribution in [3.63, 3.8) is 0 Å². The van der Waals surface area contributed by atoms with Crippen molar-refractivity contribution in [3.8, 4) is 11.5 Å². The summed E-state index contributed by atoms with van der Waals surface area (Å²) in [5, 5.41) is 3.75. The second-order valence-corrected chi connectivity index (χ2v) is 6.77. The standard InChI is InChI=1S/C22H24N2O4S/c1-5-28-16-12-10-15(11-13-16)20-19(21(25)27-4)14(2)24(22(29)23-20)17-8-6-7-9-18(17)26-3/h6-13,20H,5H2,1-4H3,(H,23,29). The lowest BCUT2D eigenvalue weighted by Gasteiger charge is -2.37. The quantitative estimate of drug-likeness (QED) is 0.569. The number of carbonyl (C=O) groups is 1. The van der Waals surface area contributed by atoms with E-state index in [2.05, 4.69) is 5.32 Å². The van der Waals surface area contributed by atoms with Crippen molar-refractivity contribution in [2.24, 2.45) is 0 Å². The van der Waals surface area contributed by atoms with Gasteiger partial charge in [-0.25, -0.2) is 4.79 Å². The molecule has 7 heteroatoms. The van der Waals surface area contributed by atoms with E-state index in [0.717, 1.165) is 17.0 Å². The van der Waals surface area contributed by atoms with Crippen LogP contribution < -0.4 is 19.7 Å². The molecule has 1 atom stereocenters. The molecule has 0 radical (unpaired) electrons. The van der Waals surface area contributed by atoms with Gasteiger partial charge in [-0.15, -0.1) is 0 Å². The second-order valence-electron chi connectivity index (χ2n) is 6.38. The Balaban J connectivity index is 2.09. The van der Waals surface area contributed by atoms with Gasteiger partial charge in [0, 0.05) is 5.70 Å². The third-order valence-electron chi connectivity index (χ3n) is 4.74. The molecule has 1 N–H and O–H groups in total. The SMILES string of the molecule is CCOc1ccc(C2NC(=S)N(c3ccccc3OC)C(C)=C2C(=O)OC)cc1. The molecule has 6 nitrogen and oxygen atoms in total. The Morgan fingerprint density at radius 3 is 2.45 bits per heavy atom. The van der Waals surface area contributed by atoms with E-state index in [1.807, 2.05) is 62.4 Å². The van der Waals surface area contributed by atoms with E-state index in [0.29, 0.717) is 28.7 Å². The molecule has 0 saturated carbocycles. The monoisotopic (exact) mass is 412 g/mol. The molecule has 2 aromatic carbocycles. The van der Waals surface area contributed by atoms with Crippen LogP contribution in [0.1, 0.15) is 25.5 Å². The molecule has 1 heterocycles. The fourth-order valence-corrected chi connectivity index (χ4v) is 3.75. The number of allylic oxidation sites excluding steroid dienone is 1. The molecule has 0 aliphatic carbocycles. The number of carbonyl (C=O) groups excluding carboxylic acids is 1. The predicted octanol–water partition coefficient (Wildman–Crippen LogP) is 3.98. The van der Waals surface area contributed by atoms with Crippen molar-refractivity contribution in [1.29, 1.82) is 0 Å². The average molecular weight is 413 g/mol. The maximum Gasteiger partial charge on any atom is 0.337 e. The Hall–Kier alpha value is -3.06. The molecule has 0 spiro atoms. The number of nitrogens with zero attached hydrogens (tertiary/aromatic N) is 1. The van der Waals surface area contributed by atoms with Crippen LogP contribution in [0, 0.1) is 0 Å². The molecule has 0 fully saturated rings. The molecule has 2 aromatic rings. The van der Waals surface area contributed by atoms with Gasteiger partial charge in [0.2, 0.25) is 0 Å². The van der Waals surface area contributed by atoms with E-state index in [9.17, 15) is 4.79 Å². The van der Waals surface area contributed by atoms with Crippen LogP contribution in [-0.4, -0.2) is 31.9 Å². The molecule has 152 valence electrons. The second kappa shape index (κ2) is 8.96. The van der Waals surface area contributed by atoms with E-state index in [4.69, 9.17) is 26.4 Å². The number of anilines is 1. The largest absolute Gasteiger partial charge is 0.495 e. The Bertz CT molecular complexity index is 940. The smallest absolute Gasteiger partial charge is 0.337 e. The minimum absolute atomic E-state index is 0.420. The van der Waals surface area contributed by atoms with Crippen LogP contribution >= 0.6 is 12.2 Å². The number of nitrogens with one attached hydrogen (secondary N) is 1. The van der Waals surface area contributed by atoms with Crippen molar-refractivity contribution in [2.45, 2.75) is 19.9 Å². The van der Waals surface area contributed by atoms with Gasteiger partial charge in [-0.2, -0.15) is 0 Å². The van der Waals surface area contributed by atoms with Crippen LogP contribution in [0.2, 0.25) is 0 Å². The molecule has 0 aromatic heterocycles. The lowest BCUT2D eigenvalue weighted by atomic mass is 9.94. The zero-order valence-corrected chi connectivity index (χ0v) is 17.7. The first-order valence-electron chi connectivity index (χ1n) is 9.27. The van der Waals surface area contributed by atoms with Gasteiger partial charge in [-0.1, -0.05) is 24.3 Å². The van der Waals surface area contributed by atoms with Crippen LogP contribution in [0.25, 0.3) is 0 Å². The molecule has 0 amide bonds. The number of thiocarbonyl (C=S) groups is 1. The summed E-state index contributed by atoms with van der Waals surface area (Å²) in [6.07, 6.45) is 0. The van der Waals surface area contributed by atoms with E-state index >= 15 is 0 Å². The van der Waals surface area contributed by atoms with Crippen molar-refractivity contribution in [3.05, 3.63) is 65.4 Å². The molecule has 0 saturated heterocycles. The molecular formula is C22H24N2O4S. The topological polar surface area (TPSA) is 60.0 Å². The molecule has 3 rings (SSSR count). The number of rotatable bonds is 6. The summed E-state index contributed by atoms with van der Waals surface area (Å²) in [4.78, 5) is 14.5. The molecule has 1 aliphatic rings. The van der Waals surface area contributed by atoms with Crippen LogP contribution in [0.3, 0.4) is 0 Å². The maximum atomic E-state index is 12.7. The maximum absolute atomic E-state index is 12.7. The first-order chi connectivity index (χ1) is 14.0. The number of hydrogen-bond donors (Lipinski definition) is 1. The number of esters is 1. The highest BCUT2D eigenvalue weighted by Gasteiger charge is 2.36. The number of benzene rings is 2. The fourth-order valence-electron chi connectivity index (χ4n) is 3.40. The normalized spacial score (nSPS) is 16.3. The van der Waals surface area contributed by atoms with Gasteiger partial charge in [0.25, 0.3) is 0 Å². The van der Waals surface area contributed by atoms with Crippen molar-refractivity contribution in [1.82, 2.24) is 5.32 Å². The lowest BCUT2D eigenvalue weighted by molar-refractivity contribution is -0.136. The summed E-state index contributed by atoms with van der Waals surface area (Å²) in [7, 11) is 2.97. The number of methoxy groups -OCH3 is 2. The van der Waals surface area contributed by atoms with Gasteiger partial charge in [0.05, 0.1) is 38.1 Å². The van der Waals surface area contributed by atoms with Gasteiger partial charge in [0.1, 0.15) is 11.5 Å². The zero-order valence-electron chi connectivity index (χ0n) is 16.9. The summed E-state index contributed by atoms with van der Waals surface area (Å²) >= 11 is 5.66. The van der Waals surface area contributed by atoms with Gasteiger partial charge in [-0.3, -0.25) is 4.90 Å². The fraction of sp³-hybridized carbons (Fsp3) is 0.273. The molecule has 0 bridgehead atoms. The van der Waals surface area contributed by atoms with E-state index in [1.165, 1.54) is 7.11 Å². The van der Waals surface area contributed by atoms with Crippen LogP contribution in [0.15, 0.2) is 59.8 Å². The highest BCUT2D eigenvalue weighted by molar-refractivity contribution is 7.80. The van der Waals surface area contributed by atoms with Gasteiger partial charge in [0.15, 0.2) is 5.11 Å². The average Bonchev–Trinajstić information content (AvgIpc) is 2.74. The van der Waals surface area contributed by atoms with Crippen molar-refractivity contribution < 1.29 is 19.0 Å². The Kier molecular flexibility index (Phi) is 6.39. The summed E-state index contributed by atoms with van der Waals surface area (Å²) in [5.41, 5.74) is 2.80. The van der Waals surface area contributed by atoms with Gasteiger partial charge >= 0.3 is 5.97 Å². The Morgan fingerprint density at radius 2 is 1.83 bits per heavy atom. The van der Waals surface area contributed by atoms with Crippen LogP contribution in [0.4, 0.5) is 5.69 Å². The highest BCUT2D eigenvalue weighted by Crippen LogP contribution is 2.38. The third kappa shape index (κ3) is 4.05. The summed E-state index contributed by atoms with van der Waals surface area (Å²) < 4.78 is 16.1. The number of ether oxygens (including phenoxy) is 3. The van der Waals surface area contributed by atoms with E-state index in [1.54, 1.807) is 12.0 Å². The summed E-state index contributed by atoms with van der Waals surface area (Å²) in [6.45, 7) is 4.38. The zero-order chi connectivity index (χ0) is 21.0. The first-order valence-corrected chi connectivity index (χ1v) is 9.68. The van der Waals surface area contributed by atoms with Gasteiger partial charge < -0.3 is 19.5 Å².